The first-order chi connectivity index (χ1) is 14.6. The number of carbonyl (C=O) groups excluding carboxylic acids is 3. The second kappa shape index (κ2) is 7.97. The van der Waals surface area contributed by atoms with Gasteiger partial charge >= 0.3 is 6.03 Å². The first-order valence-electron chi connectivity index (χ1n) is 8.78. The summed E-state index contributed by atoms with van der Waals surface area (Å²) >= 11 is 0. The number of amides is 4. The van der Waals surface area contributed by atoms with Gasteiger partial charge in [0.15, 0.2) is 0 Å². The van der Waals surface area contributed by atoms with Gasteiger partial charge in [-0.1, -0.05) is 0 Å². The molecule has 2 N–H and O–H groups in total. The third-order valence-corrected chi connectivity index (χ3v) is 4.72. The first-order valence-corrected chi connectivity index (χ1v) is 8.78. The van der Waals surface area contributed by atoms with Crippen molar-refractivity contribution in [3.63, 3.8) is 0 Å². The molecule has 1 unspecified atom stereocenters. The predicted octanol–water partition coefficient (Wildman–Crippen LogP) is 2.29. The molecule has 1 fully saturated rings. The van der Waals surface area contributed by atoms with Gasteiger partial charge in [-0.2, -0.15) is 0 Å². The van der Waals surface area contributed by atoms with Gasteiger partial charge < -0.3 is 15.4 Å². The van der Waals surface area contributed by atoms with Crippen LogP contribution in [0, 0.1) is 21.7 Å². The van der Waals surface area contributed by atoms with Crippen molar-refractivity contribution in [1.29, 1.82) is 0 Å². The molecule has 0 bridgehead atoms. The topological polar surface area (TPSA) is 131 Å². The zero-order chi connectivity index (χ0) is 22.9. The molecular formula is C19H16F2N4O6. The zero-order valence-corrected chi connectivity index (χ0v) is 16.3. The summed E-state index contributed by atoms with van der Waals surface area (Å²) in [5.74, 6) is -3.45. The second-order valence-corrected chi connectivity index (χ2v) is 6.76. The number of benzene rings is 2. The molecule has 0 aromatic heterocycles. The Labute approximate surface area is 173 Å². The molecule has 1 aliphatic rings. The molecule has 12 heteroatoms. The summed E-state index contributed by atoms with van der Waals surface area (Å²) in [4.78, 5) is 48.5. The largest absolute Gasteiger partial charge is 0.496 e. The number of halogens is 2. The van der Waals surface area contributed by atoms with Crippen LogP contribution in [0.5, 0.6) is 5.75 Å². The molecule has 1 aliphatic heterocycles. The number of rotatable bonds is 6. The van der Waals surface area contributed by atoms with E-state index < -0.39 is 57.7 Å². The van der Waals surface area contributed by atoms with Crippen molar-refractivity contribution in [1.82, 2.24) is 10.2 Å². The third kappa shape index (κ3) is 3.99. The van der Waals surface area contributed by atoms with E-state index in [1.54, 1.807) is 0 Å². The van der Waals surface area contributed by atoms with E-state index in [1.807, 2.05) is 0 Å². The summed E-state index contributed by atoms with van der Waals surface area (Å²) in [6.07, 6.45) is 0. The molecule has 0 radical (unpaired) electrons. The highest BCUT2D eigenvalue weighted by Gasteiger charge is 2.50. The fourth-order valence-electron chi connectivity index (χ4n) is 3.13. The minimum Gasteiger partial charge on any atom is -0.496 e. The number of nitro benzene ring substituents is 1. The lowest BCUT2D eigenvalue weighted by molar-refractivity contribution is -0.384. The van der Waals surface area contributed by atoms with Crippen LogP contribution in [0.1, 0.15) is 12.5 Å². The van der Waals surface area contributed by atoms with Crippen LogP contribution in [-0.4, -0.2) is 41.3 Å². The average molecular weight is 434 g/mol. The molecule has 2 aromatic rings. The maximum absolute atomic E-state index is 14.2. The number of carbonyl (C=O) groups is 3. The predicted molar refractivity (Wildman–Crippen MR) is 102 cm³/mol. The molecule has 10 nitrogen and oxygen atoms in total. The maximum atomic E-state index is 14.2. The number of nitrogens with zero attached hydrogens (tertiary/aromatic N) is 2. The Kier molecular flexibility index (Phi) is 5.56. The number of methoxy groups -OCH3 is 1. The second-order valence-electron chi connectivity index (χ2n) is 6.76. The lowest BCUT2D eigenvalue weighted by atomic mass is 9.91. The van der Waals surface area contributed by atoms with Crippen molar-refractivity contribution in [3.05, 3.63) is 63.7 Å². The number of hydrogen-bond acceptors (Lipinski definition) is 6. The summed E-state index contributed by atoms with van der Waals surface area (Å²) < 4.78 is 32.7. The van der Waals surface area contributed by atoms with Crippen molar-refractivity contribution < 1.29 is 32.8 Å². The molecule has 1 atom stereocenters. The van der Waals surface area contributed by atoms with E-state index in [0.29, 0.717) is 4.90 Å². The van der Waals surface area contributed by atoms with Crippen LogP contribution in [0.4, 0.5) is 25.0 Å². The Morgan fingerprint density at radius 3 is 2.61 bits per heavy atom. The molecule has 1 saturated heterocycles. The molecule has 2 aromatic carbocycles. The van der Waals surface area contributed by atoms with Gasteiger partial charge in [-0.05, 0) is 37.3 Å². The van der Waals surface area contributed by atoms with Crippen LogP contribution in [0.15, 0.2) is 36.4 Å². The summed E-state index contributed by atoms with van der Waals surface area (Å²) in [6, 6.07) is 5.14. The minimum atomic E-state index is -1.93. The van der Waals surface area contributed by atoms with Gasteiger partial charge in [0.2, 0.25) is 5.91 Å². The highest BCUT2D eigenvalue weighted by molar-refractivity contribution is 6.10. The van der Waals surface area contributed by atoms with Crippen molar-refractivity contribution in [2.24, 2.45) is 0 Å². The van der Waals surface area contributed by atoms with Crippen LogP contribution < -0.4 is 15.4 Å². The zero-order valence-electron chi connectivity index (χ0n) is 16.3. The molecule has 162 valence electrons. The van der Waals surface area contributed by atoms with Gasteiger partial charge in [-0.15, -0.1) is 0 Å². The van der Waals surface area contributed by atoms with Crippen molar-refractivity contribution in [3.8, 4) is 5.75 Å². The molecule has 31 heavy (non-hydrogen) atoms. The lowest BCUT2D eigenvalue weighted by Crippen LogP contribution is -2.42. The normalized spacial score (nSPS) is 18.0. The van der Waals surface area contributed by atoms with E-state index >= 15 is 0 Å². The van der Waals surface area contributed by atoms with Crippen LogP contribution in [-0.2, 0) is 15.1 Å². The Morgan fingerprint density at radius 2 is 1.97 bits per heavy atom. The molecule has 4 amide bonds. The van der Waals surface area contributed by atoms with E-state index in [4.69, 9.17) is 4.74 Å². The molecule has 3 rings (SSSR count). The molecule has 0 saturated carbocycles. The first kappa shape index (κ1) is 21.6. The Hall–Kier alpha value is -4.09. The number of urea groups is 1. The van der Waals surface area contributed by atoms with Crippen LogP contribution in [0.2, 0.25) is 0 Å². The monoisotopic (exact) mass is 434 g/mol. The van der Waals surface area contributed by atoms with Gasteiger partial charge in [0.1, 0.15) is 35.2 Å². The van der Waals surface area contributed by atoms with Crippen molar-refractivity contribution >= 4 is 29.2 Å². The fourth-order valence-corrected chi connectivity index (χ4v) is 3.13. The number of anilines is 1. The molecular weight excluding hydrogens is 418 g/mol. The van der Waals surface area contributed by atoms with Crippen LogP contribution in [0.3, 0.4) is 0 Å². The molecule has 1 heterocycles. The highest BCUT2D eigenvalue weighted by Crippen LogP contribution is 2.32. The van der Waals surface area contributed by atoms with Gasteiger partial charge in [-0.3, -0.25) is 24.6 Å². The van der Waals surface area contributed by atoms with E-state index in [1.165, 1.54) is 26.2 Å². The average Bonchev–Trinajstić information content (AvgIpc) is 2.93. The van der Waals surface area contributed by atoms with Gasteiger partial charge in [-0.25, -0.2) is 13.6 Å². The van der Waals surface area contributed by atoms with Crippen molar-refractivity contribution in [2.45, 2.75) is 12.5 Å². The number of nitrogens with one attached hydrogen (secondary N) is 2. The van der Waals surface area contributed by atoms with Gasteiger partial charge in [0.25, 0.3) is 11.6 Å². The number of hydrogen-bond donors (Lipinski definition) is 2. The van der Waals surface area contributed by atoms with Gasteiger partial charge in [0, 0.05) is 5.56 Å². The van der Waals surface area contributed by atoms with Crippen molar-refractivity contribution in [2.75, 3.05) is 19.0 Å². The van der Waals surface area contributed by atoms with E-state index in [2.05, 4.69) is 10.6 Å². The molecule has 0 aliphatic carbocycles. The Bertz CT molecular complexity index is 1110. The maximum Gasteiger partial charge on any atom is 0.325 e. The van der Waals surface area contributed by atoms with E-state index in [9.17, 15) is 33.3 Å². The smallest absolute Gasteiger partial charge is 0.325 e. The quantitative estimate of drug-likeness (QED) is 0.408. The summed E-state index contributed by atoms with van der Waals surface area (Å²) in [7, 11) is 1.31. The summed E-state index contributed by atoms with van der Waals surface area (Å²) in [6.45, 7) is 0.373. The minimum absolute atomic E-state index is 0.179. The fraction of sp³-hybridized carbons (Fsp3) is 0.211. The van der Waals surface area contributed by atoms with Crippen LogP contribution in [0.25, 0.3) is 0 Å². The molecule has 0 spiro atoms. The van der Waals surface area contributed by atoms with E-state index in [0.717, 1.165) is 24.3 Å². The third-order valence-electron chi connectivity index (χ3n) is 4.72. The Morgan fingerprint density at radius 1 is 1.26 bits per heavy atom. The Balaban J connectivity index is 1.81. The number of imide groups is 1. The standard InChI is InChI=1S/C19H16F2N4O6/c1-19(12-7-10(20)3-5-13(12)21)17(27)24(18(28)23-19)9-16(26)22-14-6-4-11(31-2)8-15(14)25(29)30/h3-8H,9H2,1-2H3,(H,22,26)(H,23,28). The number of nitro groups is 1. The van der Waals surface area contributed by atoms with Gasteiger partial charge in [0.05, 0.1) is 18.1 Å². The van der Waals surface area contributed by atoms with Crippen LogP contribution >= 0.6 is 0 Å². The SMILES string of the molecule is COc1ccc(NC(=O)CN2C(=O)NC(C)(c3cc(F)ccc3F)C2=O)c([N+](=O)[O-])c1. The highest BCUT2D eigenvalue weighted by atomic mass is 19.1. The number of ether oxygens (including phenoxy) is 1. The lowest BCUT2D eigenvalue weighted by Gasteiger charge is -2.22. The van der Waals surface area contributed by atoms with E-state index in [-0.39, 0.29) is 11.4 Å². The summed E-state index contributed by atoms with van der Waals surface area (Å²) in [5, 5.41) is 15.7. The summed E-state index contributed by atoms with van der Waals surface area (Å²) in [5.41, 5.74) is -2.98.